The molecule has 7 heterocycles. The lowest BCUT2D eigenvalue weighted by molar-refractivity contribution is -0.250. The van der Waals surface area contributed by atoms with Crippen molar-refractivity contribution in [3.8, 4) is 22.3 Å². The number of halogens is 1. The molecule has 22 nitrogen and oxygen atoms in total. The highest BCUT2D eigenvalue weighted by molar-refractivity contribution is 9.10. The Labute approximate surface area is 591 Å². The van der Waals surface area contributed by atoms with E-state index in [2.05, 4.69) is 127 Å². The van der Waals surface area contributed by atoms with Crippen molar-refractivity contribution in [2.75, 3.05) is 13.2 Å². The summed E-state index contributed by atoms with van der Waals surface area (Å²) in [6, 6.07) is 35.4. The average Bonchev–Trinajstić information content (AvgIpc) is 0.872. The van der Waals surface area contributed by atoms with Gasteiger partial charge in [0.1, 0.15) is 85.5 Å². The fourth-order valence-corrected chi connectivity index (χ4v) is 14.4. The predicted molar refractivity (Wildman–Crippen MR) is 384 cm³/mol. The van der Waals surface area contributed by atoms with E-state index in [1.807, 2.05) is 92.9 Å². The Balaban J connectivity index is 0.000000146. The molecule has 5 aliphatic rings. The topological polar surface area (TPSA) is 344 Å². The molecule has 5 aliphatic heterocycles. The fourth-order valence-electron chi connectivity index (χ4n) is 13.9. The summed E-state index contributed by atoms with van der Waals surface area (Å²) in [6.07, 6.45) is -9.01. The third-order valence-corrected chi connectivity index (χ3v) is 21.3. The second-order valence-electron chi connectivity index (χ2n) is 28.0. The fraction of sp³-hybridized carbons (Fsp3) is 0.474. The highest BCUT2D eigenvalue weighted by Gasteiger charge is 2.53. The molecule has 6 unspecified atom stereocenters. The number of benzene rings is 6. The number of aliphatic hydroxyl groups is 10. The zero-order chi connectivity index (χ0) is 72.4. The highest BCUT2D eigenvalue weighted by Crippen LogP contribution is 2.43. The zero-order valence-electron chi connectivity index (χ0n) is 58.5. The van der Waals surface area contributed by atoms with Crippen molar-refractivity contribution >= 4 is 68.4 Å². The Hall–Kier alpha value is -6.66. The van der Waals surface area contributed by atoms with Crippen LogP contribution in [0.25, 0.3) is 44.3 Å². The van der Waals surface area contributed by atoms with E-state index in [0.717, 1.165) is 83.9 Å². The second kappa shape index (κ2) is 31.9. The first-order valence-corrected chi connectivity index (χ1v) is 34.9. The van der Waals surface area contributed by atoms with Gasteiger partial charge < -0.3 is 89.3 Å². The number of H-pyrrole nitrogens is 2. The Morgan fingerprint density at radius 1 is 0.600 bits per heavy atom. The normalized spacial score (nSPS) is 28.4. The maximum Gasteiger partial charge on any atom is 0.494 e. The molecular formula is C76H95BBrN5O17. The van der Waals surface area contributed by atoms with Crippen LogP contribution < -0.4 is 5.46 Å². The number of hydrogen-bond donors (Lipinski definition) is 12. The summed E-state index contributed by atoms with van der Waals surface area (Å²) in [5, 5.41) is 101. The Morgan fingerprint density at radius 2 is 1.07 bits per heavy atom. The van der Waals surface area contributed by atoms with Gasteiger partial charge in [0.25, 0.3) is 0 Å². The number of rotatable bonds is 13. The predicted octanol–water partition coefficient (Wildman–Crippen LogP) is 8.31. The number of imidazole rings is 2. The third kappa shape index (κ3) is 16.2. The van der Waals surface area contributed by atoms with Crippen LogP contribution in [-0.2, 0) is 39.5 Å². The van der Waals surface area contributed by atoms with Crippen LogP contribution in [-0.4, -0.2) is 194 Å². The van der Waals surface area contributed by atoms with E-state index in [0.29, 0.717) is 17.0 Å². The minimum absolute atomic E-state index is 0.120. The van der Waals surface area contributed by atoms with Crippen molar-refractivity contribution in [2.24, 2.45) is 16.8 Å². The van der Waals surface area contributed by atoms with Crippen LogP contribution in [0.5, 0.6) is 0 Å². The highest BCUT2D eigenvalue weighted by atomic mass is 79.9. The molecule has 4 fully saturated rings. The van der Waals surface area contributed by atoms with Crippen molar-refractivity contribution in [1.82, 2.24) is 19.9 Å². The lowest BCUT2D eigenvalue weighted by Gasteiger charge is -2.46. The maximum absolute atomic E-state index is 11.6. The molecule has 100 heavy (non-hydrogen) atoms. The quantitative estimate of drug-likeness (QED) is 0.0381. The molecule has 0 spiro atoms. The van der Waals surface area contributed by atoms with Gasteiger partial charge >= 0.3 is 13.1 Å². The summed E-state index contributed by atoms with van der Waals surface area (Å²) in [5.41, 5.74) is 15.4. The lowest BCUT2D eigenvalue weighted by atomic mass is 9.76. The van der Waals surface area contributed by atoms with E-state index in [1.54, 1.807) is 24.8 Å². The van der Waals surface area contributed by atoms with Crippen LogP contribution >= 0.6 is 15.9 Å². The largest absolute Gasteiger partial charge is 0.494 e. The SMILES string of the molecule is CC1(C)OB(c2ccc3nc[nH]c3c2)OC1(C)C.CCC1O[C@H]([C@H](C)c2ccc(Br)cc2C)C(OC(C)=O)[C@@H](C)[C@@H]1C.Cc1cc(-c2ccc3c(c2)CC=N3)ccc1[C@@H](O)[C@H]1OC(CO)[C@@H](O)[C@H](O)C1O.Cc1cc(-c2ccc3nc[nH]c3c2)ccc1[C@@H](O)[C@H]1OC(CO)[C@@H](O)[C@H](O)C1O. The summed E-state index contributed by atoms with van der Waals surface area (Å²) in [5.74, 6) is 0.568. The maximum atomic E-state index is 11.6. The van der Waals surface area contributed by atoms with E-state index >= 15 is 0 Å². The third-order valence-electron chi connectivity index (χ3n) is 20.8. The van der Waals surface area contributed by atoms with Crippen LogP contribution in [0.15, 0.2) is 131 Å². The number of nitrogens with one attached hydrogen (secondary N) is 2. The average molecular weight is 1440 g/mol. The number of carbonyl (C=O) groups is 1. The van der Waals surface area contributed by atoms with Gasteiger partial charge in [-0.1, -0.05) is 104 Å². The van der Waals surface area contributed by atoms with Gasteiger partial charge in [-0.05, 0) is 176 Å². The van der Waals surface area contributed by atoms with Crippen LogP contribution in [0.3, 0.4) is 0 Å². The molecule has 24 heteroatoms. The van der Waals surface area contributed by atoms with E-state index in [-0.39, 0.29) is 54.4 Å². The molecule has 0 radical (unpaired) electrons. The number of aliphatic hydroxyl groups excluding tert-OH is 10. The molecule has 2 aromatic heterocycles. The Kier molecular flexibility index (Phi) is 24.3. The first-order valence-electron chi connectivity index (χ1n) is 34.1. The van der Waals surface area contributed by atoms with E-state index in [9.17, 15) is 55.9 Å². The zero-order valence-corrected chi connectivity index (χ0v) is 60.1. The number of ether oxygens (including phenoxy) is 4. The molecule has 12 N–H and O–H groups in total. The molecule has 0 amide bonds. The monoisotopic (exact) mass is 1440 g/mol. The molecule has 0 saturated carbocycles. The van der Waals surface area contributed by atoms with E-state index in [4.69, 9.17) is 28.3 Å². The Bertz CT molecular complexity index is 4130. The van der Waals surface area contributed by atoms with Gasteiger partial charge in [0.15, 0.2) is 0 Å². The summed E-state index contributed by atoms with van der Waals surface area (Å²) < 4.78 is 36.2. The van der Waals surface area contributed by atoms with Crippen molar-refractivity contribution < 1.29 is 84.1 Å². The molecule has 6 aromatic carbocycles. The number of aromatic nitrogens is 4. The van der Waals surface area contributed by atoms with Gasteiger partial charge in [-0.25, -0.2) is 9.97 Å². The standard InChI is InChI=1S/C22H25NO6.C21H24N2O6.C20H29BrO3.C13H17BN2O2/c1-11-8-12(13-3-5-16-14(9-13)6-7-23-16)2-4-15(11)18(25)22-21(28)20(27)19(26)17(10-24)29-22;1-10-6-11(12-3-5-14-15(7-12)23-9-22-14)2-4-13(10)17(25)21-20(28)19(27)18(26)16(8-24)29-21;1-7-18-12(3)13(4)19(23-15(6)22)20(24-18)14(5)17-9-8-16(21)10-11(17)2;1-12(2)13(3,4)18-14(17-12)9-5-6-10-11(7-9)16-8-15-10/h2-5,7-9,17-22,24-28H,6,10H2,1H3;2-7,9,16-21,24-28H,8H2,1H3,(H,22,23);8-10,12-14,18-20H,7H2,1-6H3;5-8H,1-4H3,(H,15,16)/t17?,18-,19-,20+,21?,22-;16?,17-,18-,19+,20?,21-;12-,13-,14+,18?,19?,20+;/m110./s1. The number of fused-ring (bicyclic) bond motifs is 3. The second-order valence-corrected chi connectivity index (χ2v) is 28.9. The molecule has 536 valence electrons. The minimum atomic E-state index is -1.53. The van der Waals surface area contributed by atoms with Gasteiger partial charge in [0, 0.05) is 35.9 Å². The summed E-state index contributed by atoms with van der Waals surface area (Å²) in [4.78, 5) is 30.6. The van der Waals surface area contributed by atoms with Crippen LogP contribution in [0.1, 0.15) is 126 Å². The van der Waals surface area contributed by atoms with Crippen molar-refractivity contribution in [1.29, 1.82) is 0 Å². The van der Waals surface area contributed by atoms with Crippen molar-refractivity contribution in [3.05, 3.63) is 165 Å². The van der Waals surface area contributed by atoms with Gasteiger partial charge in [-0.15, -0.1) is 0 Å². The molecule has 4 saturated heterocycles. The lowest BCUT2D eigenvalue weighted by Crippen LogP contribution is -2.59. The number of nitrogens with zero attached hydrogens (tertiary/aromatic N) is 3. The molecular weight excluding hydrogens is 1350 g/mol. The summed E-state index contributed by atoms with van der Waals surface area (Å²) in [6.45, 7) is 23.1. The minimum Gasteiger partial charge on any atom is -0.459 e. The number of aliphatic imine (C=N–C) groups is 1. The van der Waals surface area contributed by atoms with E-state index in [1.165, 1.54) is 23.6 Å². The first kappa shape index (κ1) is 76.0. The van der Waals surface area contributed by atoms with E-state index < -0.39 is 86.5 Å². The number of aryl methyl sites for hydroxylation is 3. The molecule has 13 rings (SSSR count). The van der Waals surface area contributed by atoms with Crippen molar-refractivity contribution in [3.63, 3.8) is 0 Å². The first-order chi connectivity index (χ1) is 47.4. The number of carbonyl (C=O) groups excluding carboxylic acids is 1. The van der Waals surface area contributed by atoms with Gasteiger partial charge in [-0.3, -0.25) is 9.79 Å². The van der Waals surface area contributed by atoms with Gasteiger partial charge in [-0.2, -0.15) is 0 Å². The summed E-state index contributed by atoms with van der Waals surface area (Å²) >= 11 is 3.52. The molecule has 0 bridgehead atoms. The van der Waals surface area contributed by atoms with Crippen LogP contribution in [0.2, 0.25) is 0 Å². The van der Waals surface area contributed by atoms with Gasteiger partial charge in [0.2, 0.25) is 0 Å². The number of hydrogen-bond acceptors (Lipinski definition) is 20. The molecule has 18 atom stereocenters. The smallest absolute Gasteiger partial charge is 0.459 e. The number of esters is 1. The number of aromatic amines is 2. The summed E-state index contributed by atoms with van der Waals surface area (Å²) in [7, 11) is -0.317. The van der Waals surface area contributed by atoms with Crippen LogP contribution in [0.4, 0.5) is 5.69 Å². The Morgan fingerprint density at radius 3 is 1.58 bits per heavy atom. The van der Waals surface area contributed by atoms with Crippen molar-refractivity contribution in [2.45, 2.75) is 205 Å². The molecule has 8 aromatic rings. The van der Waals surface area contributed by atoms with Gasteiger partial charge in [0.05, 0.1) is 70.9 Å². The van der Waals surface area contributed by atoms with Crippen LogP contribution in [0, 0.1) is 32.6 Å². The molecule has 0 aliphatic carbocycles.